The Morgan fingerprint density at radius 3 is 2.14 bits per heavy atom. The molecule has 3 aromatic rings. The standard InChI is InChI=1S/C18H10F5N3O2S/c19-12-13(20)15(22)17(16(23)14(12)21)29-11-8-10(6-7-26(11)28)25-18(27)24-9-4-2-1-3-5-9/h1-8,28H,(H,24,27)/b25-10-. The number of anilines is 1. The number of carbonyl (C=O) groups excluding carboxylic acids is 1. The molecule has 0 aliphatic heterocycles. The molecule has 0 unspecified atom stereocenters. The van der Waals surface area contributed by atoms with E-state index in [9.17, 15) is 32.0 Å². The fourth-order valence-electron chi connectivity index (χ4n) is 2.18. The van der Waals surface area contributed by atoms with Gasteiger partial charge in [0.05, 0.1) is 10.3 Å². The largest absolute Gasteiger partial charge is 0.428 e. The van der Waals surface area contributed by atoms with E-state index in [4.69, 9.17) is 0 Å². The number of carbonyl (C=O) groups is 1. The number of rotatable bonds is 3. The summed E-state index contributed by atoms with van der Waals surface area (Å²) in [5, 5.41) is 11.9. The number of nitrogens with zero attached hydrogens (tertiary/aromatic N) is 2. The Morgan fingerprint density at radius 2 is 1.52 bits per heavy atom. The van der Waals surface area contributed by atoms with E-state index in [-0.39, 0.29) is 22.1 Å². The summed E-state index contributed by atoms with van der Waals surface area (Å²) in [6, 6.07) is 9.80. The van der Waals surface area contributed by atoms with Crippen molar-refractivity contribution in [3.63, 3.8) is 0 Å². The smallest absolute Gasteiger partial charge is 0.345 e. The van der Waals surface area contributed by atoms with Gasteiger partial charge in [-0.3, -0.25) is 0 Å². The van der Waals surface area contributed by atoms with Gasteiger partial charge < -0.3 is 10.5 Å². The molecule has 0 fully saturated rings. The number of hydrogen-bond donors (Lipinski definition) is 2. The lowest BCUT2D eigenvalue weighted by Crippen LogP contribution is -2.14. The van der Waals surface area contributed by atoms with Crippen molar-refractivity contribution in [2.24, 2.45) is 4.99 Å². The molecule has 11 heteroatoms. The van der Waals surface area contributed by atoms with Crippen molar-refractivity contribution in [1.29, 1.82) is 0 Å². The molecule has 1 heterocycles. The Labute approximate surface area is 164 Å². The number of halogens is 5. The number of benzene rings is 2. The van der Waals surface area contributed by atoms with Gasteiger partial charge in [0.15, 0.2) is 23.3 Å². The summed E-state index contributed by atoms with van der Waals surface area (Å²) < 4.78 is 67.9. The summed E-state index contributed by atoms with van der Waals surface area (Å²) >= 11 is 0.0743. The number of pyridine rings is 1. The van der Waals surface area contributed by atoms with Crippen LogP contribution in [0.15, 0.2) is 63.6 Å². The average Bonchev–Trinajstić information content (AvgIpc) is 2.71. The maximum Gasteiger partial charge on any atom is 0.345 e. The molecule has 0 radical (unpaired) electrons. The molecule has 0 aliphatic carbocycles. The zero-order valence-electron chi connectivity index (χ0n) is 14.2. The van der Waals surface area contributed by atoms with Gasteiger partial charge in [-0.2, -0.15) is 9.72 Å². The molecule has 29 heavy (non-hydrogen) atoms. The van der Waals surface area contributed by atoms with Crippen LogP contribution in [-0.4, -0.2) is 16.0 Å². The van der Waals surface area contributed by atoms with Crippen LogP contribution in [-0.2, 0) is 0 Å². The molecule has 2 N–H and O–H groups in total. The first-order valence-electron chi connectivity index (χ1n) is 7.80. The fourth-order valence-corrected chi connectivity index (χ4v) is 3.08. The number of nitrogens with one attached hydrogen (secondary N) is 1. The minimum atomic E-state index is -2.29. The van der Waals surface area contributed by atoms with Crippen LogP contribution in [0.1, 0.15) is 0 Å². The first kappa shape index (κ1) is 20.4. The van der Waals surface area contributed by atoms with Crippen molar-refractivity contribution < 1.29 is 32.0 Å². The summed E-state index contributed by atoms with van der Waals surface area (Å²) in [6.07, 6.45) is 0.989. The normalized spacial score (nSPS) is 11.6. The van der Waals surface area contributed by atoms with Gasteiger partial charge in [-0.05, 0) is 24.3 Å². The Balaban J connectivity index is 1.94. The van der Waals surface area contributed by atoms with Crippen LogP contribution in [0, 0.1) is 29.1 Å². The van der Waals surface area contributed by atoms with Gasteiger partial charge in [-0.1, -0.05) is 30.0 Å². The molecule has 0 aliphatic rings. The van der Waals surface area contributed by atoms with Crippen LogP contribution in [0.2, 0.25) is 0 Å². The van der Waals surface area contributed by atoms with Crippen LogP contribution in [0.3, 0.4) is 0 Å². The van der Waals surface area contributed by atoms with Gasteiger partial charge in [-0.15, -0.1) is 0 Å². The van der Waals surface area contributed by atoms with Crippen molar-refractivity contribution in [3.8, 4) is 0 Å². The lowest BCUT2D eigenvalue weighted by molar-refractivity contribution is 0.159. The van der Waals surface area contributed by atoms with E-state index in [1.54, 1.807) is 30.3 Å². The predicted octanol–water partition coefficient (Wildman–Crippen LogP) is 4.70. The zero-order chi connectivity index (χ0) is 21.1. The Hall–Kier alpha value is -3.34. The molecule has 3 rings (SSSR count). The Morgan fingerprint density at radius 1 is 0.931 bits per heavy atom. The first-order chi connectivity index (χ1) is 13.8. The summed E-state index contributed by atoms with van der Waals surface area (Å²) in [5.41, 5.74) is 0.463. The highest BCUT2D eigenvalue weighted by Gasteiger charge is 2.26. The lowest BCUT2D eigenvalue weighted by atomic mass is 10.3. The maximum atomic E-state index is 13.9. The molecule has 0 saturated carbocycles. The summed E-state index contributed by atoms with van der Waals surface area (Å²) in [4.78, 5) is 14.5. The highest BCUT2D eigenvalue weighted by molar-refractivity contribution is 7.99. The molecule has 0 bridgehead atoms. The summed E-state index contributed by atoms with van der Waals surface area (Å²) in [5.74, 6) is -10.6. The number of aromatic nitrogens is 1. The number of para-hydroxylation sites is 1. The van der Waals surface area contributed by atoms with Crippen LogP contribution >= 0.6 is 11.8 Å². The summed E-state index contributed by atoms with van der Waals surface area (Å²) in [6.45, 7) is 0. The molecule has 5 nitrogen and oxygen atoms in total. The molecular formula is C18H10F5N3O2S. The molecule has 0 spiro atoms. The van der Waals surface area contributed by atoms with Crippen molar-refractivity contribution in [2.75, 3.05) is 5.32 Å². The van der Waals surface area contributed by atoms with Gasteiger partial charge in [0.25, 0.3) is 0 Å². The van der Waals surface area contributed by atoms with Crippen molar-refractivity contribution in [3.05, 3.63) is 83.1 Å². The molecule has 1 aromatic heterocycles. The van der Waals surface area contributed by atoms with Gasteiger partial charge in [0.2, 0.25) is 5.82 Å². The van der Waals surface area contributed by atoms with Crippen LogP contribution < -0.4 is 10.7 Å². The minimum Gasteiger partial charge on any atom is -0.428 e. The zero-order valence-corrected chi connectivity index (χ0v) is 15.0. The second-order valence-electron chi connectivity index (χ2n) is 5.48. The highest BCUT2D eigenvalue weighted by atomic mass is 32.2. The van der Waals surface area contributed by atoms with Crippen LogP contribution in [0.25, 0.3) is 0 Å². The van der Waals surface area contributed by atoms with Crippen molar-refractivity contribution in [2.45, 2.75) is 9.92 Å². The highest BCUT2D eigenvalue weighted by Crippen LogP contribution is 2.34. The van der Waals surface area contributed by atoms with Crippen LogP contribution in [0.5, 0.6) is 0 Å². The average molecular weight is 427 g/mol. The molecule has 150 valence electrons. The van der Waals surface area contributed by atoms with Gasteiger partial charge >= 0.3 is 6.03 Å². The Kier molecular flexibility index (Phi) is 5.87. The van der Waals surface area contributed by atoms with Gasteiger partial charge in [0, 0.05) is 11.9 Å². The molecule has 2 amide bonds. The third kappa shape index (κ3) is 4.40. The third-order valence-electron chi connectivity index (χ3n) is 3.52. The minimum absolute atomic E-state index is 0.0323. The first-order valence-corrected chi connectivity index (χ1v) is 8.61. The fraction of sp³-hybridized carbons (Fsp3) is 0. The van der Waals surface area contributed by atoms with E-state index < -0.39 is 40.0 Å². The number of urea groups is 1. The molecule has 0 atom stereocenters. The number of amides is 2. The summed E-state index contributed by atoms with van der Waals surface area (Å²) in [7, 11) is 0. The maximum absolute atomic E-state index is 13.9. The van der Waals surface area contributed by atoms with Crippen molar-refractivity contribution in [1.82, 2.24) is 4.73 Å². The molecular weight excluding hydrogens is 417 g/mol. The van der Waals surface area contributed by atoms with Crippen molar-refractivity contribution >= 4 is 23.5 Å². The van der Waals surface area contributed by atoms with E-state index in [0.29, 0.717) is 10.4 Å². The predicted molar refractivity (Wildman–Crippen MR) is 93.0 cm³/mol. The van der Waals surface area contributed by atoms with E-state index in [1.165, 1.54) is 6.07 Å². The Bertz CT molecular complexity index is 1120. The van der Waals surface area contributed by atoms with E-state index in [2.05, 4.69) is 10.3 Å². The third-order valence-corrected chi connectivity index (χ3v) is 4.59. The van der Waals surface area contributed by atoms with Gasteiger partial charge in [0.1, 0.15) is 5.03 Å². The molecule has 2 aromatic carbocycles. The SMILES string of the molecule is O=C(/N=c1/ccn(O)c(Sc2c(F)c(F)c(F)c(F)c2F)c1)Nc1ccccc1. The van der Waals surface area contributed by atoms with Gasteiger partial charge in [-0.25, -0.2) is 26.7 Å². The van der Waals surface area contributed by atoms with E-state index in [1.807, 2.05) is 0 Å². The number of hydrogen-bond acceptors (Lipinski definition) is 3. The van der Waals surface area contributed by atoms with E-state index in [0.717, 1.165) is 12.3 Å². The second-order valence-corrected chi connectivity index (χ2v) is 6.51. The molecule has 0 saturated heterocycles. The second kappa shape index (κ2) is 8.35. The van der Waals surface area contributed by atoms with Crippen LogP contribution in [0.4, 0.5) is 32.4 Å². The monoisotopic (exact) mass is 427 g/mol. The quantitative estimate of drug-likeness (QED) is 0.276. The topological polar surface area (TPSA) is 66.6 Å². The lowest BCUT2D eigenvalue weighted by Gasteiger charge is -2.10. The van der Waals surface area contributed by atoms with E-state index >= 15 is 0 Å².